The molecule has 0 saturated carbocycles. The van der Waals surface area contributed by atoms with Crippen LogP contribution in [0.4, 0.5) is 0 Å². The van der Waals surface area contributed by atoms with Gasteiger partial charge >= 0.3 is 0 Å². The summed E-state index contributed by atoms with van der Waals surface area (Å²) in [5, 5.41) is 3.12. The van der Waals surface area contributed by atoms with Gasteiger partial charge in [0.05, 0.1) is 6.17 Å². The second kappa shape index (κ2) is 5.66. The van der Waals surface area contributed by atoms with Gasteiger partial charge in [0.25, 0.3) is 0 Å². The summed E-state index contributed by atoms with van der Waals surface area (Å²) < 4.78 is 5.66. The standard InChI is InChI=1S/C10H25N3O/c1-6-9(11)13-8(4)14-10(5,12)7(2)3/h7-9,13H,6,11-12H2,1-5H3. The van der Waals surface area contributed by atoms with E-state index < -0.39 is 5.72 Å². The van der Waals surface area contributed by atoms with Gasteiger partial charge in [-0.25, -0.2) is 0 Å². The lowest BCUT2D eigenvalue weighted by Crippen LogP contribution is -2.52. The highest BCUT2D eigenvalue weighted by Gasteiger charge is 2.26. The Kier molecular flexibility index (Phi) is 5.59. The third kappa shape index (κ3) is 4.91. The van der Waals surface area contributed by atoms with Crippen LogP contribution in [-0.4, -0.2) is 18.1 Å². The van der Waals surface area contributed by atoms with Crippen molar-refractivity contribution >= 4 is 0 Å². The average Bonchev–Trinajstić information content (AvgIpc) is 2.02. The SMILES string of the molecule is CCC(N)NC(C)OC(C)(N)C(C)C. The molecule has 0 rings (SSSR count). The summed E-state index contributed by atoms with van der Waals surface area (Å²) in [6.45, 7) is 9.89. The Balaban J connectivity index is 3.98. The predicted molar refractivity (Wildman–Crippen MR) is 59.4 cm³/mol. The van der Waals surface area contributed by atoms with Crippen LogP contribution < -0.4 is 16.8 Å². The van der Waals surface area contributed by atoms with Crippen molar-refractivity contribution < 1.29 is 4.74 Å². The molecule has 0 spiro atoms. The molecule has 14 heavy (non-hydrogen) atoms. The zero-order valence-corrected chi connectivity index (χ0v) is 10.0. The van der Waals surface area contributed by atoms with Gasteiger partial charge in [0.2, 0.25) is 0 Å². The lowest BCUT2D eigenvalue weighted by Gasteiger charge is -2.33. The lowest BCUT2D eigenvalue weighted by molar-refractivity contribution is -0.114. The normalized spacial score (nSPS) is 20.6. The number of nitrogens with one attached hydrogen (secondary N) is 1. The summed E-state index contributed by atoms with van der Waals surface area (Å²) in [5.41, 5.74) is 11.1. The summed E-state index contributed by atoms with van der Waals surface area (Å²) in [5.74, 6) is 0.268. The minimum absolute atomic E-state index is 0.0343. The number of nitrogens with two attached hydrogens (primary N) is 2. The third-order valence-electron chi connectivity index (χ3n) is 2.47. The molecule has 3 atom stereocenters. The van der Waals surface area contributed by atoms with Crippen LogP contribution in [0, 0.1) is 5.92 Å². The van der Waals surface area contributed by atoms with Gasteiger partial charge in [-0.15, -0.1) is 0 Å². The molecule has 3 unspecified atom stereocenters. The summed E-state index contributed by atoms with van der Waals surface area (Å²) in [6.07, 6.45) is 0.715. The molecule has 0 aliphatic heterocycles. The maximum Gasteiger partial charge on any atom is 0.118 e. The van der Waals surface area contributed by atoms with E-state index in [2.05, 4.69) is 5.32 Å². The van der Waals surface area contributed by atoms with Crippen molar-refractivity contribution in [3.05, 3.63) is 0 Å². The molecule has 0 aromatic rings. The fraction of sp³-hybridized carbons (Fsp3) is 1.00. The van der Waals surface area contributed by atoms with E-state index in [1.165, 1.54) is 0 Å². The van der Waals surface area contributed by atoms with Crippen molar-refractivity contribution in [1.82, 2.24) is 5.32 Å². The fourth-order valence-electron chi connectivity index (χ4n) is 0.970. The molecular formula is C10H25N3O. The molecule has 0 radical (unpaired) electrons. The van der Waals surface area contributed by atoms with Crippen LogP contribution in [0.2, 0.25) is 0 Å². The number of hydrogen-bond acceptors (Lipinski definition) is 4. The average molecular weight is 203 g/mol. The second-order valence-electron chi connectivity index (χ2n) is 4.28. The molecule has 0 aromatic heterocycles. The molecule has 0 fully saturated rings. The molecule has 4 heteroatoms. The first-order valence-corrected chi connectivity index (χ1v) is 5.28. The van der Waals surface area contributed by atoms with E-state index in [9.17, 15) is 0 Å². The van der Waals surface area contributed by atoms with Crippen LogP contribution in [0.15, 0.2) is 0 Å². The zero-order chi connectivity index (χ0) is 11.4. The van der Waals surface area contributed by atoms with Crippen molar-refractivity contribution in [2.75, 3.05) is 0 Å². The van der Waals surface area contributed by atoms with Gasteiger partial charge in [-0.05, 0) is 26.2 Å². The molecule has 0 saturated heterocycles. The number of hydrogen-bond donors (Lipinski definition) is 3. The first-order valence-electron chi connectivity index (χ1n) is 5.28. The van der Waals surface area contributed by atoms with Gasteiger partial charge in [0.1, 0.15) is 12.0 Å². The molecule has 4 nitrogen and oxygen atoms in total. The largest absolute Gasteiger partial charge is 0.343 e. The number of rotatable bonds is 6. The predicted octanol–water partition coefficient (Wildman–Crippen LogP) is 0.964. The van der Waals surface area contributed by atoms with Crippen LogP contribution in [0.5, 0.6) is 0 Å². The molecule has 0 aromatic carbocycles. The van der Waals surface area contributed by atoms with Crippen molar-refractivity contribution in [2.24, 2.45) is 17.4 Å². The van der Waals surface area contributed by atoms with E-state index in [0.29, 0.717) is 0 Å². The first-order chi connectivity index (χ1) is 6.29. The molecule has 0 aliphatic carbocycles. The molecule has 5 N–H and O–H groups in total. The highest BCUT2D eigenvalue weighted by atomic mass is 16.5. The maximum atomic E-state index is 5.97. The summed E-state index contributed by atoms with van der Waals surface area (Å²) in [7, 11) is 0. The van der Waals surface area contributed by atoms with E-state index in [1.807, 2.05) is 34.6 Å². The van der Waals surface area contributed by atoms with Crippen LogP contribution >= 0.6 is 0 Å². The van der Waals surface area contributed by atoms with Gasteiger partial charge in [0, 0.05) is 0 Å². The van der Waals surface area contributed by atoms with Gasteiger partial charge in [0.15, 0.2) is 0 Å². The Morgan fingerprint density at radius 3 is 2.21 bits per heavy atom. The van der Waals surface area contributed by atoms with Crippen LogP contribution in [0.3, 0.4) is 0 Å². The van der Waals surface area contributed by atoms with E-state index in [4.69, 9.17) is 16.2 Å². The van der Waals surface area contributed by atoms with Crippen molar-refractivity contribution in [3.8, 4) is 0 Å². The monoisotopic (exact) mass is 203 g/mol. The maximum absolute atomic E-state index is 5.97. The molecule has 86 valence electrons. The summed E-state index contributed by atoms with van der Waals surface area (Å²) >= 11 is 0. The third-order valence-corrected chi connectivity index (χ3v) is 2.47. The van der Waals surface area contributed by atoms with Gasteiger partial charge in [-0.3, -0.25) is 5.32 Å². The fourth-order valence-corrected chi connectivity index (χ4v) is 0.970. The smallest absolute Gasteiger partial charge is 0.118 e. The molecule has 0 aliphatic rings. The molecule has 0 bridgehead atoms. The van der Waals surface area contributed by atoms with Gasteiger partial charge in [-0.2, -0.15) is 0 Å². The molecule has 0 heterocycles. The van der Waals surface area contributed by atoms with Crippen molar-refractivity contribution in [3.63, 3.8) is 0 Å². The Hall–Kier alpha value is -0.160. The Morgan fingerprint density at radius 2 is 1.86 bits per heavy atom. The van der Waals surface area contributed by atoms with E-state index in [-0.39, 0.29) is 18.3 Å². The molecular weight excluding hydrogens is 178 g/mol. The summed E-state index contributed by atoms with van der Waals surface area (Å²) in [6, 6.07) is 0. The van der Waals surface area contributed by atoms with Crippen LogP contribution in [0.1, 0.15) is 41.0 Å². The van der Waals surface area contributed by atoms with Gasteiger partial charge in [-0.1, -0.05) is 20.8 Å². The number of ether oxygens (including phenoxy) is 1. The van der Waals surface area contributed by atoms with E-state index >= 15 is 0 Å². The highest BCUT2D eigenvalue weighted by molar-refractivity contribution is 4.72. The Morgan fingerprint density at radius 1 is 1.36 bits per heavy atom. The Labute approximate surface area is 87.4 Å². The van der Waals surface area contributed by atoms with Crippen molar-refractivity contribution in [2.45, 2.75) is 59.2 Å². The minimum Gasteiger partial charge on any atom is -0.343 e. The van der Waals surface area contributed by atoms with Gasteiger partial charge < -0.3 is 16.2 Å². The second-order valence-corrected chi connectivity index (χ2v) is 4.28. The Bertz CT molecular complexity index is 159. The summed E-state index contributed by atoms with van der Waals surface area (Å²) in [4.78, 5) is 0. The quantitative estimate of drug-likeness (QED) is 0.562. The zero-order valence-electron chi connectivity index (χ0n) is 10.0. The van der Waals surface area contributed by atoms with Crippen LogP contribution in [0.25, 0.3) is 0 Å². The minimum atomic E-state index is -0.611. The highest BCUT2D eigenvalue weighted by Crippen LogP contribution is 2.15. The topological polar surface area (TPSA) is 73.3 Å². The molecule has 0 amide bonds. The lowest BCUT2D eigenvalue weighted by atomic mass is 10.0. The van der Waals surface area contributed by atoms with E-state index in [1.54, 1.807) is 0 Å². The van der Waals surface area contributed by atoms with Crippen LogP contribution in [-0.2, 0) is 4.74 Å². The van der Waals surface area contributed by atoms with Crippen molar-refractivity contribution in [1.29, 1.82) is 0 Å². The van der Waals surface area contributed by atoms with E-state index in [0.717, 1.165) is 6.42 Å². The first kappa shape index (κ1) is 13.8.